The van der Waals surface area contributed by atoms with Crippen LogP contribution in [0.2, 0.25) is 0 Å². The van der Waals surface area contributed by atoms with Crippen molar-refractivity contribution in [3.05, 3.63) is 122 Å². The van der Waals surface area contributed by atoms with Crippen LogP contribution in [0.3, 0.4) is 0 Å². The summed E-state index contributed by atoms with van der Waals surface area (Å²) in [6.45, 7) is 0. The fourth-order valence-corrected chi connectivity index (χ4v) is 6.12. The maximum Gasteiger partial charge on any atom is 1.00 e. The molecule has 0 aliphatic rings. The van der Waals surface area contributed by atoms with Crippen molar-refractivity contribution in [1.82, 2.24) is 9.97 Å². The third kappa shape index (κ3) is 4.61. The second kappa shape index (κ2) is 11.8. The zero-order chi connectivity index (χ0) is 28.2. The first-order valence-electron chi connectivity index (χ1n) is 13.6. The van der Waals surface area contributed by atoms with E-state index in [0.29, 0.717) is 22.2 Å². The van der Waals surface area contributed by atoms with Crippen molar-refractivity contribution in [2.24, 2.45) is 0 Å². The summed E-state index contributed by atoms with van der Waals surface area (Å²) >= 11 is 0. The smallest absolute Gasteiger partial charge is 0.868 e. The maximum atomic E-state index is 14.0. The Labute approximate surface area is 276 Å². The molecule has 8 rings (SSSR count). The third-order valence-corrected chi connectivity index (χ3v) is 8.04. The Bertz CT molecular complexity index is 2350. The monoisotopic (exact) mass is 556 g/mol. The Balaban J connectivity index is 0.00000171. The molecule has 0 amide bonds. The van der Waals surface area contributed by atoms with E-state index in [1.54, 1.807) is 24.8 Å². The molecular formula is C36H22Li2N4O2+2. The van der Waals surface area contributed by atoms with E-state index in [1.165, 1.54) is 6.33 Å². The molecule has 5 aromatic carbocycles. The average molecular weight is 556 g/mol. The summed E-state index contributed by atoms with van der Waals surface area (Å²) in [5, 5.41) is 33.2. The number of benzene rings is 5. The Hall–Kier alpha value is -4.69. The van der Waals surface area contributed by atoms with Gasteiger partial charge in [0.15, 0.2) is 12.4 Å². The van der Waals surface area contributed by atoms with Gasteiger partial charge in [0.25, 0.3) is 0 Å². The van der Waals surface area contributed by atoms with Crippen LogP contribution in [0.5, 0.6) is 11.5 Å². The summed E-state index contributed by atoms with van der Waals surface area (Å²) in [4.78, 5) is 14.7. The van der Waals surface area contributed by atoms with Crippen LogP contribution in [-0.4, -0.2) is 9.97 Å². The van der Waals surface area contributed by atoms with Gasteiger partial charge in [-0.1, -0.05) is 48.5 Å². The van der Waals surface area contributed by atoms with Crippen LogP contribution in [0.15, 0.2) is 122 Å². The summed E-state index contributed by atoms with van der Waals surface area (Å²) < 4.78 is 0. The van der Waals surface area contributed by atoms with Gasteiger partial charge in [-0.2, -0.15) is 0 Å². The largest absolute Gasteiger partial charge is 1.00 e. The minimum atomic E-state index is -0.0782. The van der Waals surface area contributed by atoms with Crippen molar-refractivity contribution in [1.29, 1.82) is 0 Å². The fourth-order valence-electron chi connectivity index (χ4n) is 6.12. The van der Waals surface area contributed by atoms with Gasteiger partial charge in [-0.25, -0.2) is 19.9 Å². The van der Waals surface area contributed by atoms with Crippen molar-refractivity contribution in [3.63, 3.8) is 0 Å². The number of rotatable bonds is 3. The van der Waals surface area contributed by atoms with Crippen LogP contribution in [0.4, 0.5) is 0 Å². The Morgan fingerprint density at radius 1 is 0.500 bits per heavy atom. The van der Waals surface area contributed by atoms with Crippen LogP contribution in [0, 0.1) is 0 Å². The van der Waals surface area contributed by atoms with Crippen LogP contribution in [0.25, 0.3) is 76.7 Å². The molecule has 3 heterocycles. The molecule has 0 saturated carbocycles. The SMILES string of the molecule is [Li+].[Li+].[O-]c1c(-c2c3ccccc3c(-c3ccc4ccc[nH+]c4c3[O-])c3cc(-c4cncnc4)ccc23)ccc2ccc[nH+]c12. The molecule has 198 valence electrons. The van der Waals surface area contributed by atoms with Gasteiger partial charge in [0.05, 0.1) is 0 Å². The zero-order valence-electron chi connectivity index (χ0n) is 24.3. The van der Waals surface area contributed by atoms with Crippen molar-refractivity contribution in [3.8, 4) is 44.9 Å². The van der Waals surface area contributed by atoms with Crippen molar-refractivity contribution in [2.45, 2.75) is 0 Å². The molecule has 0 radical (unpaired) electrons. The average Bonchev–Trinajstić information content (AvgIpc) is 3.05. The number of aromatic nitrogens is 4. The van der Waals surface area contributed by atoms with Gasteiger partial charge in [-0.15, -0.1) is 0 Å². The predicted octanol–water partition coefficient (Wildman–Crippen LogP) is -0.126. The number of hydrogen-bond acceptors (Lipinski definition) is 4. The normalized spacial score (nSPS) is 11.0. The summed E-state index contributed by atoms with van der Waals surface area (Å²) in [5.74, 6) is -0.150. The van der Waals surface area contributed by atoms with Crippen molar-refractivity contribution >= 4 is 43.4 Å². The molecule has 0 atom stereocenters. The number of H-pyrrole nitrogens is 2. The minimum Gasteiger partial charge on any atom is -0.868 e. The number of nitrogens with one attached hydrogen (secondary N) is 2. The number of pyridine rings is 2. The van der Waals surface area contributed by atoms with E-state index < -0.39 is 0 Å². The molecule has 0 aliphatic carbocycles. The van der Waals surface area contributed by atoms with E-state index in [0.717, 1.165) is 54.6 Å². The van der Waals surface area contributed by atoms with E-state index >= 15 is 0 Å². The van der Waals surface area contributed by atoms with E-state index in [1.807, 2.05) is 84.9 Å². The van der Waals surface area contributed by atoms with Gasteiger partial charge in [0.2, 0.25) is 11.0 Å². The van der Waals surface area contributed by atoms with Crippen molar-refractivity contribution in [2.75, 3.05) is 0 Å². The van der Waals surface area contributed by atoms with E-state index in [2.05, 4.69) is 26.0 Å². The molecule has 0 spiro atoms. The van der Waals surface area contributed by atoms with Gasteiger partial charge < -0.3 is 10.2 Å². The molecule has 0 unspecified atom stereocenters. The van der Waals surface area contributed by atoms with E-state index in [9.17, 15) is 10.2 Å². The van der Waals surface area contributed by atoms with Crippen LogP contribution in [-0.2, 0) is 0 Å². The first kappa shape index (κ1) is 29.4. The molecule has 6 nitrogen and oxygen atoms in total. The Morgan fingerprint density at radius 2 is 1.02 bits per heavy atom. The summed E-state index contributed by atoms with van der Waals surface area (Å²) in [5.41, 5.74) is 5.74. The molecule has 3 aromatic heterocycles. The van der Waals surface area contributed by atoms with Gasteiger partial charge in [0.1, 0.15) is 6.33 Å². The standard InChI is InChI=1S/C36H22N4O2.2Li/c41-35-28(13-9-21-5-3-15-39-33(21)35)31-25-7-1-2-8-26(25)32(29-14-10-22-6-4-16-40-34(22)36(29)42)30-17-23(11-12-27(30)31)24-18-37-20-38-19-24;;/h1-20,41-42H;;/q;2*+1. The molecule has 0 aliphatic heterocycles. The van der Waals surface area contributed by atoms with Gasteiger partial charge in [-0.05, 0) is 91.2 Å². The number of hydrogen-bond donors (Lipinski definition) is 0. The zero-order valence-corrected chi connectivity index (χ0v) is 24.3. The number of fused-ring (bicyclic) bond motifs is 4. The Kier molecular flexibility index (Phi) is 7.86. The Morgan fingerprint density at radius 3 is 1.59 bits per heavy atom. The minimum absolute atomic E-state index is 0. The second-order valence-electron chi connectivity index (χ2n) is 10.3. The number of aromatic amines is 2. The molecule has 44 heavy (non-hydrogen) atoms. The molecule has 0 fully saturated rings. The van der Waals surface area contributed by atoms with Gasteiger partial charge in [0, 0.05) is 40.9 Å². The van der Waals surface area contributed by atoms with E-state index in [4.69, 9.17) is 0 Å². The van der Waals surface area contributed by atoms with Gasteiger partial charge in [-0.3, -0.25) is 0 Å². The first-order chi connectivity index (χ1) is 20.7. The predicted molar refractivity (Wildman–Crippen MR) is 160 cm³/mol. The summed E-state index contributed by atoms with van der Waals surface area (Å²) in [6, 6.07) is 29.5. The van der Waals surface area contributed by atoms with Crippen LogP contribution < -0.4 is 57.9 Å². The van der Waals surface area contributed by atoms with Gasteiger partial charge >= 0.3 is 37.7 Å². The molecule has 8 aromatic rings. The molecular weight excluding hydrogens is 534 g/mol. The maximum absolute atomic E-state index is 14.0. The van der Waals surface area contributed by atoms with E-state index in [-0.39, 0.29) is 49.2 Å². The second-order valence-corrected chi connectivity index (χ2v) is 10.3. The molecule has 0 saturated heterocycles. The summed E-state index contributed by atoms with van der Waals surface area (Å²) in [7, 11) is 0. The molecule has 8 heteroatoms. The molecule has 2 N–H and O–H groups in total. The third-order valence-electron chi connectivity index (χ3n) is 8.04. The first-order valence-corrected chi connectivity index (χ1v) is 13.6. The quantitative estimate of drug-likeness (QED) is 0.224. The molecule has 0 bridgehead atoms. The number of nitrogens with zero attached hydrogens (tertiary/aromatic N) is 2. The van der Waals surface area contributed by atoms with Crippen LogP contribution in [0.1, 0.15) is 0 Å². The summed E-state index contributed by atoms with van der Waals surface area (Å²) in [6.07, 6.45) is 8.59. The fraction of sp³-hybridized carbons (Fsp3) is 0. The van der Waals surface area contributed by atoms with Crippen LogP contribution >= 0.6 is 0 Å². The van der Waals surface area contributed by atoms with Crippen molar-refractivity contribution < 1.29 is 57.9 Å². The topological polar surface area (TPSA) is 100 Å².